The normalized spacial score (nSPS) is 19.2. The highest BCUT2D eigenvalue weighted by molar-refractivity contribution is 5.13. The second-order valence-electron chi connectivity index (χ2n) is 4.84. The zero-order valence-corrected chi connectivity index (χ0v) is 10.8. The van der Waals surface area contributed by atoms with Gasteiger partial charge in [0.25, 0.3) is 0 Å². The molecule has 17 heavy (non-hydrogen) atoms. The Morgan fingerprint density at radius 3 is 2.82 bits per heavy atom. The van der Waals surface area contributed by atoms with Gasteiger partial charge in [-0.2, -0.15) is 0 Å². The van der Waals surface area contributed by atoms with Crippen LogP contribution in [0.3, 0.4) is 0 Å². The number of pyridine rings is 1. The Morgan fingerprint density at radius 2 is 2.18 bits per heavy atom. The summed E-state index contributed by atoms with van der Waals surface area (Å²) in [5, 5.41) is 3.39. The van der Waals surface area contributed by atoms with E-state index in [0.717, 1.165) is 31.2 Å². The summed E-state index contributed by atoms with van der Waals surface area (Å²) >= 11 is 0. The van der Waals surface area contributed by atoms with Crippen LogP contribution >= 0.6 is 0 Å². The van der Waals surface area contributed by atoms with E-state index in [4.69, 9.17) is 4.74 Å². The molecule has 0 spiro atoms. The molecule has 2 rings (SSSR count). The van der Waals surface area contributed by atoms with Crippen molar-refractivity contribution >= 4 is 0 Å². The molecule has 0 aliphatic carbocycles. The number of hydrogen-bond acceptors (Lipinski definition) is 3. The molecule has 1 aliphatic rings. The number of nitrogens with zero attached hydrogens (tertiary/aromatic N) is 1. The van der Waals surface area contributed by atoms with Crippen molar-refractivity contribution in [2.24, 2.45) is 5.92 Å². The smallest absolute Gasteiger partial charge is 0.0576 e. The monoisotopic (exact) mass is 234 g/mol. The highest BCUT2D eigenvalue weighted by Crippen LogP contribution is 2.26. The van der Waals surface area contributed by atoms with Crippen LogP contribution in [-0.4, -0.2) is 25.2 Å². The molecule has 3 nitrogen and oxygen atoms in total. The molecule has 1 saturated heterocycles. The van der Waals surface area contributed by atoms with Gasteiger partial charge >= 0.3 is 0 Å². The van der Waals surface area contributed by atoms with Crippen molar-refractivity contribution in [2.75, 3.05) is 20.3 Å². The lowest BCUT2D eigenvalue weighted by Gasteiger charge is -2.26. The van der Waals surface area contributed by atoms with Crippen molar-refractivity contribution in [2.45, 2.75) is 32.2 Å². The number of hydrogen-bond donors (Lipinski definition) is 1. The molecule has 1 fully saturated rings. The third-order valence-corrected chi connectivity index (χ3v) is 3.53. The molecule has 0 aromatic carbocycles. The quantitative estimate of drug-likeness (QED) is 0.869. The summed E-state index contributed by atoms with van der Waals surface area (Å²) in [7, 11) is 2.02. The van der Waals surface area contributed by atoms with Gasteiger partial charge in [-0.25, -0.2) is 0 Å². The summed E-state index contributed by atoms with van der Waals surface area (Å²) in [6, 6.07) is 6.63. The van der Waals surface area contributed by atoms with Crippen molar-refractivity contribution in [3.8, 4) is 0 Å². The Kier molecular flexibility index (Phi) is 4.51. The fraction of sp³-hybridized carbons (Fsp3) is 0.643. The largest absolute Gasteiger partial charge is 0.381 e. The fourth-order valence-corrected chi connectivity index (χ4v) is 2.46. The van der Waals surface area contributed by atoms with Crippen molar-refractivity contribution in [3.05, 3.63) is 29.6 Å². The first-order valence-corrected chi connectivity index (χ1v) is 6.48. The van der Waals surface area contributed by atoms with E-state index in [1.807, 2.05) is 20.0 Å². The van der Waals surface area contributed by atoms with Crippen LogP contribution < -0.4 is 5.32 Å². The minimum Gasteiger partial charge on any atom is -0.381 e. The first-order chi connectivity index (χ1) is 8.29. The second-order valence-corrected chi connectivity index (χ2v) is 4.84. The molecule has 0 radical (unpaired) electrons. The Labute approximate surface area is 104 Å². The van der Waals surface area contributed by atoms with Crippen molar-refractivity contribution in [3.63, 3.8) is 0 Å². The van der Waals surface area contributed by atoms with E-state index in [1.54, 1.807) is 0 Å². The van der Waals surface area contributed by atoms with Gasteiger partial charge in [0.2, 0.25) is 0 Å². The van der Waals surface area contributed by atoms with Crippen molar-refractivity contribution in [1.29, 1.82) is 0 Å². The Hall–Kier alpha value is -0.930. The lowest BCUT2D eigenvalue weighted by Crippen LogP contribution is -2.24. The fourth-order valence-electron chi connectivity index (χ4n) is 2.46. The van der Waals surface area contributed by atoms with Gasteiger partial charge in [-0.15, -0.1) is 0 Å². The molecule has 1 unspecified atom stereocenters. The van der Waals surface area contributed by atoms with Gasteiger partial charge in [-0.3, -0.25) is 4.98 Å². The molecule has 1 aliphatic heterocycles. The summed E-state index contributed by atoms with van der Waals surface area (Å²) in [6.07, 6.45) is 3.53. The van der Waals surface area contributed by atoms with Gasteiger partial charge in [-0.05, 0) is 51.3 Å². The maximum atomic E-state index is 5.40. The summed E-state index contributed by atoms with van der Waals surface area (Å²) < 4.78 is 5.40. The van der Waals surface area contributed by atoms with Crippen molar-refractivity contribution in [1.82, 2.24) is 10.3 Å². The van der Waals surface area contributed by atoms with Gasteiger partial charge in [0.05, 0.1) is 5.69 Å². The lowest BCUT2D eigenvalue weighted by atomic mass is 9.91. The zero-order valence-electron chi connectivity index (χ0n) is 10.8. The number of ether oxygens (including phenoxy) is 1. The summed E-state index contributed by atoms with van der Waals surface area (Å²) in [5.41, 5.74) is 2.26. The summed E-state index contributed by atoms with van der Waals surface area (Å²) in [5.74, 6) is 0.767. The number of rotatable bonds is 4. The van der Waals surface area contributed by atoms with Gasteiger partial charge in [0, 0.05) is 24.9 Å². The van der Waals surface area contributed by atoms with Crippen LogP contribution in [0, 0.1) is 12.8 Å². The van der Waals surface area contributed by atoms with E-state index in [0.29, 0.717) is 6.04 Å². The zero-order chi connectivity index (χ0) is 12.1. The van der Waals surface area contributed by atoms with Gasteiger partial charge < -0.3 is 10.1 Å². The molecule has 0 amide bonds. The maximum absolute atomic E-state index is 5.40. The third-order valence-electron chi connectivity index (χ3n) is 3.53. The Balaban J connectivity index is 2.00. The molecular formula is C14H22N2O. The molecule has 1 N–H and O–H groups in total. The van der Waals surface area contributed by atoms with Gasteiger partial charge in [0.15, 0.2) is 0 Å². The molecule has 1 atom stereocenters. The van der Waals surface area contributed by atoms with Gasteiger partial charge in [0.1, 0.15) is 0 Å². The van der Waals surface area contributed by atoms with Crippen LogP contribution in [0.5, 0.6) is 0 Å². The van der Waals surface area contributed by atoms with E-state index in [2.05, 4.69) is 22.4 Å². The summed E-state index contributed by atoms with van der Waals surface area (Å²) in [6.45, 7) is 3.88. The molecule has 3 heteroatoms. The molecular weight excluding hydrogens is 212 g/mol. The average Bonchev–Trinajstić information content (AvgIpc) is 2.37. The molecule has 2 heterocycles. The van der Waals surface area contributed by atoms with E-state index in [9.17, 15) is 0 Å². The van der Waals surface area contributed by atoms with Crippen LogP contribution in [0.25, 0.3) is 0 Å². The maximum Gasteiger partial charge on any atom is 0.0576 e. The lowest BCUT2D eigenvalue weighted by molar-refractivity contribution is 0.0606. The van der Waals surface area contributed by atoms with Crippen LogP contribution in [0.15, 0.2) is 18.2 Å². The average molecular weight is 234 g/mol. The number of aryl methyl sites for hydroxylation is 1. The molecule has 1 aromatic rings. The van der Waals surface area contributed by atoms with Crippen molar-refractivity contribution < 1.29 is 4.74 Å². The first-order valence-electron chi connectivity index (χ1n) is 6.48. The van der Waals surface area contributed by atoms with E-state index in [1.165, 1.54) is 18.5 Å². The topological polar surface area (TPSA) is 34.1 Å². The van der Waals surface area contributed by atoms with Gasteiger partial charge in [-0.1, -0.05) is 6.07 Å². The Morgan fingerprint density at radius 1 is 1.41 bits per heavy atom. The first kappa shape index (κ1) is 12.5. The van der Waals surface area contributed by atoms with Crippen LogP contribution in [0.2, 0.25) is 0 Å². The third kappa shape index (κ3) is 3.51. The SMILES string of the molecule is CNC(CC1CCOCC1)c1cccc(C)n1. The van der Waals surface area contributed by atoms with Crippen LogP contribution in [0.4, 0.5) is 0 Å². The van der Waals surface area contributed by atoms with E-state index >= 15 is 0 Å². The number of aromatic nitrogens is 1. The predicted octanol–water partition coefficient (Wildman–Crippen LogP) is 2.47. The van der Waals surface area contributed by atoms with E-state index in [-0.39, 0.29) is 0 Å². The summed E-state index contributed by atoms with van der Waals surface area (Å²) in [4.78, 5) is 4.62. The number of nitrogens with one attached hydrogen (secondary N) is 1. The molecule has 1 aromatic heterocycles. The molecule has 0 bridgehead atoms. The van der Waals surface area contributed by atoms with E-state index < -0.39 is 0 Å². The highest BCUT2D eigenvalue weighted by Gasteiger charge is 2.20. The Bertz CT molecular complexity index is 348. The highest BCUT2D eigenvalue weighted by atomic mass is 16.5. The van der Waals surface area contributed by atoms with Crippen LogP contribution in [-0.2, 0) is 4.74 Å². The minimum atomic E-state index is 0.373. The standard InChI is InChI=1S/C14H22N2O/c1-11-4-3-5-13(16-11)14(15-2)10-12-6-8-17-9-7-12/h3-5,12,14-15H,6-10H2,1-2H3. The molecule has 0 saturated carbocycles. The van der Waals surface area contributed by atoms with Crippen LogP contribution in [0.1, 0.15) is 36.7 Å². The second kappa shape index (κ2) is 6.12. The minimum absolute atomic E-state index is 0.373. The predicted molar refractivity (Wildman–Crippen MR) is 68.9 cm³/mol. The molecule has 94 valence electrons.